The summed E-state index contributed by atoms with van der Waals surface area (Å²) in [6.07, 6.45) is 0.865. The van der Waals surface area contributed by atoms with E-state index < -0.39 is 10.8 Å². The maximum atomic E-state index is 2.66. The summed E-state index contributed by atoms with van der Waals surface area (Å²) in [5, 5.41) is 1.21. The van der Waals surface area contributed by atoms with Crippen LogP contribution in [0.25, 0.3) is 50.1 Å². The maximum absolute atomic E-state index is 2.66. The van der Waals surface area contributed by atoms with Gasteiger partial charge in [-0.1, -0.05) is 242 Å². The molecule has 1 aliphatic heterocycles. The Balaban J connectivity index is 0.964. The number of anilines is 2. The second-order valence-electron chi connectivity index (χ2n) is 21.3. The molecule has 1 atom stereocenters. The molecule has 2 heteroatoms. The first-order valence-corrected chi connectivity index (χ1v) is 26.8. The molecule has 360 valence electrons. The highest BCUT2D eigenvalue weighted by Crippen LogP contribution is 2.59. The van der Waals surface area contributed by atoms with Crippen molar-refractivity contribution in [3.8, 4) is 39.2 Å². The van der Waals surface area contributed by atoms with Gasteiger partial charge >= 0.3 is 0 Å². The lowest BCUT2D eigenvalue weighted by atomic mass is 9.67. The zero-order chi connectivity index (χ0) is 50.5. The van der Waals surface area contributed by atoms with E-state index in [0.717, 1.165) is 12.1 Å². The van der Waals surface area contributed by atoms with Crippen molar-refractivity contribution >= 4 is 22.3 Å². The maximum Gasteiger partial charge on any atom is 0.0714 e. The minimum atomic E-state index is -0.518. The molecule has 11 aromatic carbocycles. The normalized spacial score (nSPS) is 15.2. The number of benzene rings is 11. The molecule has 0 bridgehead atoms. The van der Waals surface area contributed by atoms with E-state index in [-0.39, 0.29) is 6.04 Å². The lowest BCUT2D eigenvalue weighted by Gasteiger charge is -2.35. The van der Waals surface area contributed by atoms with E-state index in [1.807, 2.05) is 0 Å². The number of aryl methyl sites for hydroxylation is 2. The van der Waals surface area contributed by atoms with Crippen LogP contribution in [-0.4, -0.2) is 4.57 Å². The molecule has 2 heterocycles. The highest BCUT2D eigenvalue weighted by molar-refractivity contribution is 5.96. The first kappa shape index (κ1) is 44.3. The van der Waals surface area contributed by atoms with Gasteiger partial charge in [-0.2, -0.15) is 0 Å². The van der Waals surface area contributed by atoms with Crippen LogP contribution in [-0.2, 0) is 17.3 Å². The van der Waals surface area contributed by atoms with Crippen LogP contribution < -0.4 is 4.90 Å². The van der Waals surface area contributed by atoms with Gasteiger partial charge in [0.05, 0.1) is 28.1 Å². The van der Waals surface area contributed by atoms with Crippen molar-refractivity contribution in [3.05, 3.63) is 340 Å². The summed E-state index contributed by atoms with van der Waals surface area (Å²) in [6.45, 7) is 4.36. The van der Waals surface area contributed by atoms with E-state index >= 15 is 0 Å². The molecular weight excluding hydrogens is 917 g/mol. The predicted molar refractivity (Wildman–Crippen MR) is 314 cm³/mol. The number of hydrogen-bond donors (Lipinski definition) is 0. The zero-order valence-corrected chi connectivity index (χ0v) is 42.7. The van der Waals surface area contributed by atoms with Crippen LogP contribution in [0.4, 0.5) is 11.4 Å². The fourth-order valence-electron chi connectivity index (χ4n) is 13.9. The first-order chi connectivity index (χ1) is 37.5. The molecule has 12 aromatic rings. The summed E-state index contributed by atoms with van der Waals surface area (Å²) in [5.41, 5.74) is 26.8. The molecule has 0 spiro atoms. The predicted octanol–water partition coefficient (Wildman–Crippen LogP) is 18.1. The number of aromatic nitrogens is 1. The summed E-state index contributed by atoms with van der Waals surface area (Å²) in [5.74, 6) is 0. The van der Waals surface area contributed by atoms with E-state index in [9.17, 15) is 0 Å². The standard InChI is InChI=1S/C74H54N2/c1-49-31-35-51(36-32-49)69-43-53-45-72-54(46-71(53)75(69)59-39-41-63-61-27-15-17-29-65(61)73(67(63)47-59,55-19-7-3-8-20-55)56-21-9-4-10-22-56)44-70(52-37-33-50(2)34-38-52)76(72)60-40-42-64-62-28-16-18-30-66(62)74(68(64)48-60,57-23-11-5-12-24-57)58-25-13-6-14-26-58/h3-43,45-48,70H,44H2,1-2H3. The first-order valence-electron chi connectivity index (χ1n) is 26.8. The van der Waals surface area contributed by atoms with Crippen LogP contribution in [0.1, 0.15) is 72.8 Å². The van der Waals surface area contributed by atoms with E-state index in [1.165, 1.54) is 123 Å². The molecule has 2 nitrogen and oxygen atoms in total. The molecule has 0 saturated heterocycles. The number of fused-ring (bicyclic) bond motifs is 8. The molecule has 15 rings (SSSR count). The Kier molecular flexibility index (Phi) is 10.00. The van der Waals surface area contributed by atoms with Gasteiger partial charge in [0.25, 0.3) is 0 Å². The number of hydrogen-bond acceptors (Lipinski definition) is 1. The highest BCUT2D eigenvalue weighted by atomic mass is 15.2. The number of nitrogens with zero attached hydrogens (tertiary/aromatic N) is 2. The van der Waals surface area contributed by atoms with Crippen LogP contribution in [0.15, 0.2) is 273 Å². The molecule has 76 heavy (non-hydrogen) atoms. The summed E-state index contributed by atoms with van der Waals surface area (Å²) in [6, 6.07) is 103. The summed E-state index contributed by atoms with van der Waals surface area (Å²) >= 11 is 0. The van der Waals surface area contributed by atoms with Crippen molar-refractivity contribution in [2.45, 2.75) is 37.1 Å². The molecule has 3 aliphatic rings. The summed E-state index contributed by atoms with van der Waals surface area (Å²) in [7, 11) is 0. The van der Waals surface area contributed by atoms with Crippen molar-refractivity contribution in [1.29, 1.82) is 0 Å². The average molecular weight is 971 g/mol. The van der Waals surface area contributed by atoms with Gasteiger partial charge in [-0.25, -0.2) is 0 Å². The third-order valence-corrected chi connectivity index (χ3v) is 17.2. The van der Waals surface area contributed by atoms with Gasteiger partial charge in [0.1, 0.15) is 0 Å². The van der Waals surface area contributed by atoms with Gasteiger partial charge < -0.3 is 9.47 Å². The van der Waals surface area contributed by atoms with Crippen LogP contribution >= 0.6 is 0 Å². The van der Waals surface area contributed by atoms with Gasteiger partial charge in [-0.05, 0) is 146 Å². The third-order valence-electron chi connectivity index (χ3n) is 17.2. The molecule has 0 radical (unpaired) electrons. The minimum Gasteiger partial charge on any atom is -0.333 e. The second-order valence-corrected chi connectivity index (χ2v) is 21.3. The van der Waals surface area contributed by atoms with Crippen molar-refractivity contribution < 1.29 is 0 Å². The Hall–Kier alpha value is -9.24. The third kappa shape index (κ3) is 6.40. The number of rotatable bonds is 8. The van der Waals surface area contributed by atoms with Gasteiger partial charge in [-0.3, -0.25) is 0 Å². The van der Waals surface area contributed by atoms with Gasteiger partial charge in [0.2, 0.25) is 0 Å². The lowest BCUT2D eigenvalue weighted by Crippen LogP contribution is -2.29. The fourth-order valence-corrected chi connectivity index (χ4v) is 13.9. The Bertz CT molecular complexity index is 4110. The second kappa shape index (κ2) is 17.2. The molecule has 2 aliphatic carbocycles. The van der Waals surface area contributed by atoms with Crippen LogP contribution in [0.3, 0.4) is 0 Å². The lowest BCUT2D eigenvalue weighted by molar-refractivity contribution is 0.737. The van der Waals surface area contributed by atoms with E-state index in [1.54, 1.807) is 0 Å². The molecular formula is C74H54N2. The van der Waals surface area contributed by atoms with Crippen molar-refractivity contribution in [1.82, 2.24) is 4.57 Å². The Morgan fingerprint density at radius 2 is 0.803 bits per heavy atom. The summed E-state index contributed by atoms with van der Waals surface area (Å²) < 4.78 is 2.55. The summed E-state index contributed by atoms with van der Waals surface area (Å²) in [4.78, 5) is 2.66. The van der Waals surface area contributed by atoms with Crippen LogP contribution in [0, 0.1) is 13.8 Å². The Labute approximate surface area is 445 Å². The Morgan fingerprint density at radius 1 is 0.368 bits per heavy atom. The molecule has 0 fully saturated rings. The van der Waals surface area contributed by atoms with E-state index in [4.69, 9.17) is 0 Å². The van der Waals surface area contributed by atoms with E-state index in [0.29, 0.717) is 0 Å². The van der Waals surface area contributed by atoms with Crippen LogP contribution in [0.5, 0.6) is 0 Å². The van der Waals surface area contributed by atoms with Gasteiger partial charge in [0, 0.05) is 22.4 Å². The van der Waals surface area contributed by atoms with Crippen LogP contribution in [0.2, 0.25) is 0 Å². The molecule has 0 N–H and O–H groups in total. The molecule has 1 aromatic heterocycles. The smallest absolute Gasteiger partial charge is 0.0714 e. The molecule has 0 saturated carbocycles. The molecule has 0 amide bonds. The SMILES string of the molecule is Cc1ccc(-c2cc3cc4c(cc3n2-c2ccc3c(c2)C(c2ccccc2)(c2ccccc2)c2ccccc2-3)CC(c2ccc(C)cc2)N4c2ccc3c(c2)C(c2ccccc2)(c2ccccc2)c2ccccc2-3)cc1. The van der Waals surface area contributed by atoms with Crippen molar-refractivity contribution in [2.75, 3.05) is 4.90 Å². The highest BCUT2D eigenvalue weighted by Gasteiger charge is 2.48. The van der Waals surface area contributed by atoms with E-state index in [2.05, 4.69) is 296 Å². The van der Waals surface area contributed by atoms with Crippen molar-refractivity contribution in [3.63, 3.8) is 0 Å². The molecule has 1 unspecified atom stereocenters. The quantitative estimate of drug-likeness (QED) is 0.147. The topological polar surface area (TPSA) is 8.17 Å². The zero-order valence-electron chi connectivity index (χ0n) is 42.7. The minimum absolute atomic E-state index is 0.0765. The van der Waals surface area contributed by atoms with Gasteiger partial charge in [-0.15, -0.1) is 0 Å². The van der Waals surface area contributed by atoms with Crippen molar-refractivity contribution in [2.24, 2.45) is 0 Å². The largest absolute Gasteiger partial charge is 0.333 e. The van der Waals surface area contributed by atoms with Gasteiger partial charge in [0.15, 0.2) is 0 Å². The monoisotopic (exact) mass is 970 g/mol. The Morgan fingerprint density at radius 3 is 1.32 bits per heavy atom. The average Bonchev–Trinajstić information content (AvgIpc) is 4.27. The fraction of sp³-hybridized carbons (Fsp3) is 0.0811.